The predicted octanol–water partition coefficient (Wildman–Crippen LogP) is 8.42. The summed E-state index contributed by atoms with van der Waals surface area (Å²) in [5.41, 5.74) is 2.59. The molecule has 4 heteroatoms. The molecule has 0 heterocycles. The maximum Gasteiger partial charge on any atom is 0.147 e. The molecule has 0 spiro atoms. The number of fused-ring (bicyclic) bond motifs is 1. The van der Waals surface area contributed by atoms with Crippen LogP contribution in [0.2, 0.25) is 5.02 Å². The van der Waals surface area contributed by atoms with Crippen LogP contribution in [0.1, 0.15) is 39.2 Å². The molecule has 0 fully saturated rings. The average molecular weight is 395 g/mol. The molecule has 0 aliphatic heterocycles. The van der Waals surface area contributed by atoms with E-state index < -0.39 is 0 Å². The molecule has 146 valence electrons. The first-order chi connectivity index (χ1) is 13.4. The average Bonchev–Trinajstić information content (AvgIpc) is 2.66. The molecular weight excluding hydrogens is 368 g/mol. The van der Waals surface area contributed by atoms with Gasteiger partial charge < -0.3 is 4.74 Å². The van der Waals surface area contributed by atoms with Gasteiger partial charge in [0.05, 0.1) is 11.6 Å². The molecule has 0 bridgehead atoms. The highest BCUT2D eigenvalue weighted by molar-refractivity contribution is 6.33. The molecule has 28 heavy (non-hydrogen) atoms. The quantitative estimate of drug-likeness (QED) is 0.370. The molecule has 3 aromatic carbocycles. The van der Waals surface area contributed by atoms with Crippen LogP contribution in [0.25, 0.3) is 10.8 Å². The van der Waals surface area contributed by atoms with Gasteiger partial charge in [-0.05, 0) is 47.9 Å². The van der Waals surface area contributed by atoms with Gasteiger partial charge in [0.15, 0.2) is 0 Å². The lowest BCUT2D eigenvalue weighted by molar-refractivity contribution is 0.169. The van der Waals surface area contributed by atoms with Crippen LogP contribution < -0.4 is 4.74 Å². The van der Waals surface area contributed by atoms with E-state index in [1.54, 1.807) is 0 Å². The molecule has 3 nitrogen and oxygen atoms in total. The molecule has 0 unspecified atom stereocenters. The molecule has 0 aromatic heterocycles. The normalized spacial score (nSPS) is 12.0. The number of ether oxygens (including phenoxy) is 1. The molecule has 3 rings (SSSR count). The zero-order valence-corrected chi connectivity index (χ0v) is 17.8. The summed E-state index contributed by atoms with van der Waals surface area (Å²) in [5, 5.41) is 11.7. The molecule has 0 saturated heterocycles. The van der Waals surface area contributed by atoms with Crippen molar-refractivity contribution in [2.75, 3.05) is 6.61 Å². The Morgan fingerprint density at radius 1 is 1.00 bits per heavy atom. The van der Waals surface area contributed by atoms with Crippen LogP contribution in [0.4, 0.5) is 11.4 Å². The summed E-state index contributed by atoms with van der Waals surface area (Å²) in [6, 6.07) is 17.9. The van der Waals surface area contributed by atoms with Crippen molar-refractivity contribution >= 4 is 33.7 Å². The van der Waals surface area contributed by atoms with Crippen molar-refractivity contribution in [2.24, 2.45) is 15.6 Å². The summed E-state index contributed by atoms with van der Waals surface area (Å²) >= 11 is 6.32. The summed E-state index contributed by atoms with van der Waals surface area (Å²) in [4.78, 5) is 0. The Kier molecular flexibility index (Phi) is 6.35. The Morgan fingerprint density at radius 2 is 1.79 bits per heavy atom. The van der Waals surface area contributed by atoms with Crippen LogP contribution in [0, 0.1) is 12.3 Å². The van der Waals surface area contributed by atoms with Gasteiger partial charge in [0.2, 0.25) is 0 Å². The number of rotatable bonds is 7. The largest absolute Gasteiger partial charge is 0.491 e. The van der Waals surface area contributed by atoms with E-state index in [2.05, 4.69) is 43.1 Å². The lowest BCUT2D eigenvalue weighted by Crippen LogP contribution is -2.21. The maximum atomic E-state index is 6.32. The van der Waals surface area contributed by atoms with E-state index in [-0.39, 0.29) is 5.41 Å². The van der Waals surface area contributed by atoms with Crippen molar-refractivity contribution in [1.82, 2.24) is 0 Å². The van der Waals surface area contributed by atoms with Crippen LogP contribution in [0.3, 0.4) is 0 Å². The molecule has 0 N–H and O–H groups in total. The van der Waals surface area contributed by atoms with Gasteiger partial charge >= 0.3 is 0 Å². The number of hydrogen-bond donors (Lipinski definition) is 0. The number of hydrogen-bond acceptors (Lipinski definition) is 3. The van der Waals surface area contributed by atoms with Crippen molar-refractivity contribution in [1.29, 1.82) is 0 Å². The number of aryl methyl sites for hydroxylation is 1. The van der Waals surface area contributed by atoms with Crippen LogP contribution >= 0.6 is 11.6 Å². The van der Waals surface area contributed by atoms with E-state index in [1.807, 2.05) is 49.4 Å². The Labute approximate surface area is 172 Å². The van der Waals surface area contributed by atoms with E-state index >= 15 is 0 Å². The minimum Gasteiger partial charge on any atom is -0.491 e. The van der Waals surface area contributed by atoms with E-state index in [0.29, 0.717) is 17.3 Å². The summed E-state index contributed by atoms with van der Waals surface area (Å²) in [6.45, 7) is 9.28. The topological polar surface area (TPSA) is 34.0 Å². The zero-order valence-electron chi connectivity index (χ0n) is 17.0. The molecule has 0 aliphatic rings. The van der Waals surface area contributed by atoms with E-state index in [0.717, 1.165) is 40.6 Å². The predicted molar refractivity (Wildman–Crippen MR) is 118 cm³/mol. The molecule has 0 atom stereocenters. The molecule has 0 saturated carbocycles. The Hall–Kier alpha value is -2.39. The minimum atomic E-state index is 0.106. The van der Waals surface area contributed by atoms with E-state index in [4.69, 9.17) is 16.3 Å². The van der Waals surface area contributed by atoms with Crippen molar-refractivity contribution < 1.29 is 4.74 Å². The van der Waals surface area contributed by atoms with Gasteiger partial charge in [0, 0.05) is 5.39 Å². The van der Waals surface area contributed by atoms with Crippen molar-refractivity contribution in [3.05, 3.63) is 65.2 Å². The van der Waals surface area contributed by atoms with E-state index in [9.17, 15) is 0 Å². The summed E-state index contributed by atoms with van der Waals surface area (Å²) in [7, 11) is 0. The molecule has 0 amide bonds. The van der Waals surface area contributed by atoms with Gasteiger partial charge in [-0.3, -0.25) is 0 Å². The highest BCUT2D eigenvalue weighted by atomic mass is 35.5. The Balaban J connectivity index is 1.99. The number of benzene rings is 3. The maximum absolute atomic E-state index is 6.32. The fraction of sp³-hybridized carbons (Fsp3) is 0.333. The second-order valence-electron chi connectivity index (χ2n) is 7.99. The smallest absolute Gasteiger partial charge is 0.147 e. The SMILES string of the molecule is CCCC(C)(C)COc1ccc2ccccc2c1N=Nc1ccc(C)cc1Cl. The number of halogens is 1. The lowest BCUT2D eigenvalue weighted by atomic mass is 9.89. The van der Waals surface area contributed by atoms with Gasteiger partial charge in [-0.1, -0.05) is 75.2 Å². The van der Waals surface area contributed by atoms with Crippen molar-refractivity contribution in [3.63, 3.8) is 0 Å². The molecular formula is C24H27ClN2O. The summed E-state index contributed by atoms with van der Waals surface area (Å²) in [6.07, 6.45) is 2.24. The highest BCUT2D eigenvalue weighted by Crippen LogP contribution is 2.39. The van der Waals surface area contributed by atoms with Gasteiger partial charge in [-0.2, -0.15) is 0 Å². The second kappa shape index (κ2) is 8.74. The van der Waals surface area contributed by atoms with Gasteiger partial charge in [-0.15, -0.1) is 10.2 Å². The fourth-order valence-electron chi connectivity index (χ4n) is 3.27. The molecule has 0 aliphatic carbocycles. The van der Waals surface area contributed by atoms with Gasteiger partial charge in [0.25, 0.3) is 0 Å². The van der Waals surface area contributed by atoms with Gasteiger partial charge in [-0.25, -0.2) is 0 Å². The number of azo groups is 1. The summed E-state index contributed by atoms with van der Waals surface area (Å²) in [5.74, 6) is 0.745. The summed E-state index contributed by atoms with van der Waals surface area (Å²) < 4.78 is 6.21. The number of nitrogens with zero attached hydrogens (tertiary/aromatic N) is 2. The van der Waals surface area contributed by atoms with Crippen LogP contribution in [-0.4, -0.2) is 6.61 Å². The molecule has 0 radical (unpaired) electrons. The van der Waals surface area contributed by atoms with Crippen LogP contribution in [0.15, 0.2) is 64.8 Å². The van der Waals surface area contributed by atoms with Crippen LogP contribution in [0.5, 0.6) is 5.75 Å². The molecule has 3 aromatic rings. The minimum absolute atomic E-state index is 0.106. The first-order valence-corrected chi connectivity index (χ1v) is 10.1. The third-order valence-corrected chi connectivity index (χ3v) is 5.07. The monoisotopic (exact) mass is 394 g/mol. The fourth-order valence-corrected chi connectivity index (χ4v) is 3.55. The standard InChI is InChI=1S/C24H27ClN2O/c1-5-14-24(3,4)16-28-22-13-11-18-8-6-7-9-19(18)23(22)27-26-21-12-10-17(2)15-20(21)25/h6-13,15H,5,14,16H2,1-4H3. The van der Waals surface area contributed by atoms with Crippen molar-refractivity contribution in [2.45, 2.75) is 40.5 Å². The highest BCUT2D eigenvalue weighted by Gasteiger charge is 2.19. The zero-order chi connectivity index (χ0) is 20.1. The third kappa shape index (κ3) is 4.90. The van der Waals surface area contributed by atoms with Gasteiger partial charge in [0.1, 0.15) is 17.1 Å². The third-order valence-electron chi connectivity index (χ3n) is 4.77. The second-order valence-corrected chi connectivity index (χ2v) is 8.40. The van der Waals surface area contributed by atoms with E-state index in [1.165, 1.54) is 0 Å². The Morgan fingerprint density at radius 3 is 2.54 bits per heavy atom. The van der Waals surface area contributed by atoms with Crippen LogP contribution in [-0.2, 0) is 0 Å². The first kappa shape index (κ1) is 20.3. The van der Waals surface area contributed by atoms with Crippen molar-refractivity contribution in [3.8, 4) is 5.75 Å². The lowest BCUT2D eigenvalue weighted by Gasteiger charge is -2.24. The Bertz CT molecular complexity index is 995. The first-order valence-electron chi connectivity index (χ1n) is 9.72.